The maximum absolute atomic E-state index is 12.3. The molecule has 1 amide bonds. The molecule has 1 aliphatic rings. The molecule has 0 saturated heterocycles. The molecule has 2 aromatic rings. The number of carbonyl (C=O) groups excluding carboxylic acids is 1. The second-order valence-electron chi connectivity index (χ2n) is 5.54. The van der Waals surface area contributed by atoms with E-state index in [0.29, 0.717) is 13.2 Å². The zero-order valence-electron chi connectivity index (χ0n) is 13.2. The van der Waals surface area contributed by atoms with Gasteiger partial charge in [-0.25, -0.2) is 9.67 Å². The van der Waals surface area contributed by atoms with E-state index in [1.165, 1.54) is 17.3 Å². The second kappa shape index (κ2) is 6.68. The van der Waals surface area contributed by atoms with Gasteiger partial charge in [0.1, 0.15) is 18.7 Å². The highest BCUT2D eigenvalue weighted by Crippen LogP contribution is 2.32. The third-order valence-corrected chi connectivity index (χ3v) is 3.84. The van der Waals surface area contributed by atoms with Crippen LogP contribution >= 0.6 is 0 Å². The molecule has 0 fully saturated rings. The Balaban J connectivity index is 1.69. The van der Waals surface area contributed by atoms with Gasteiger partial charge in [-0.15, -0.1) is 0 Å². The van der Waals surface area contributed by atoms with Crippen LogP contribution in [0, 0.1) is 0 Å². The molecule has 1 aliphatic heterocycles. The molecule has 1 N–H and O–H groups in total. The van der Waals surface area contributed by atoms with Crippen molar-refractivity contribution in [3.63, 3.8) is 0 Å². The Labute approximate surface area is 134 Å². The molecular formula is C16H20N4O3. The van der Waals surface area contributed by atoms with E-state index in [1.54, 1.807) is 6.92 Å². The lowest BCUT2D eigenvalue weighted by molar-refractivity contribution is -0.124. The fourth-order valence-electron chi connectivity index (χ4n) is 2.40. The Kier molecular flexibility index (Phi) is 4.45. The number of fused-ring (bicyclic) bond motifs is 1. The summed E-state index contributed by atoms with van der Waals surface area (Å²) in [5, 5.41) is 6.98. The van der Waals surface area contributed by atoms with Gasteiger partial charge in [-0.3, -0.25) is 4.79 Å². The first-order valence-electron chi connectivity index (χ1n) is 7.69. The Hall–Kier alpha value is -2.57. The first-order chi connectivity index (χ1) is 11.1. The van der Waals surface area contributed by atoms with E-state index in [-0.39, 0.29) is 11.9 Å². The number of hydrogen-bond acceptors (Lipinski definition) is 5. The minimum Gasteiger partial charge on any atom is -0.490 e. The molecule has 2 atom stereocenters. The number of hydrogen-bond donors (Lipinski definition) is 1. The van der Waals surface area contributed by atoms with Gasteiger partial charge in [0.2, 0.25) is 5.91 Å². The average Bonchev–Trinajstić information content (AvgIpc) is 2.99. The van der Waals surface area contributed by atoms with Crippen molar-refractivity contribution >= 4 is 5.91 Å². The summed E-state index contributed by atoms with van der Waals surface area (Å²) in [5.74, 6) is 1.36. The van der Waals surface area contributed by atoms with Crippen molar-refractivity contribution in [3.05, 3.63) is 36.4 Å². The van der Waals surface area contributed by atoms with E-state index in [4.69, 9.17) is 9.47 Å². The number of nitrogens with one attached hydrogen (secondary N) is 1. The van der Waals surface area contributed by atoms with Crippen LogP contribution in [-0.2, 0) is 4.79 Å². The van der Waals surface area contributed by atoms with Crippen LogP contribution in [-0.4, -0.2) is 33.9 Å². The Morgan fingerprint density at radius 3 is 2.78 bits per heavy atom. The minimum atomic E-state index is -0.416. The molecule has 23 heavy (non-hydrogen) atoms. The van der Waals surface area contributed by atoms with Gasteiger partial charge in [-0.1, -0.05) is 6.07 Å². The molecule has 122 valence electrons. The van der Waals surface area contributed by atoms with Crippen molar-refractivity contribution in [3.8, 4) is 11.5 Å². The van der Waals surface area contributed by atoms with Gasteiger partial charge in [-0.05, 0) is 31.5 Å². The molecule has 1 aromatic carbocycles. The molecule has 1 aromatic heterocycles. The molecule has 0 bridgehead atoms. The molecule has 2 heterocycles. The number of carbonyl (C=O) groups is 1. The Morgan fingerprint density at radius 1 is 1.26 bits per heavy atom. The molecular weight excluding hydrogens is 296 g/mol. The SMILES string of the molecule is CC(NC(=O)C(C)n1cncn1)c1ccc2c(c1)OCCCO2. The van der Waals surface area contributed by atoms with Gasteiger partial charge < -0.3 is 14.8 Å². The zero-order chi connectivity index (χ0) is 16.2. The number of amides is 1. The molecule has 3 rings (SSSR count). The van der Waals surface area contributed by atoms with Crippen LogP contribution in [0.5, 0.6) is 11.5 Å². The molecule has 0 aliphatic carbocycles. The lowest BCUT2D eigenvalue weighted by atomic mass is 10.1. The van der Waals surface area contributed by atoms with Crippen LogP contribution in [0.2, 0.25) is 0 Å². The Morgan fingerprint density at radius 2 is 2.04 bits per heavy atom. The van der Waals surface area contributed by atoms with Crippen molar-refractivity contribution in [2.75, 3.05) is 13.2 Å². The quantitative estimate of drug-likeness (QED) is 0.932. The van der Waals surface area contributed by atoms with Crippen LogP contribution in [0.1, 0.15) is 37.9 Å². The van der Waals surface area contributed by atoms with E-state index >= 15 is 0 Å². The van der Waals surface area contributed by atoms with Crippen molar-refractivity contribution in [1.29, 1.82) is 0 Å². The van der Waals surface area contributed by atoms with Crippen molar-refractivity contribution in [2.45, 2.75) is 32.4 Å². The summed E-state index contributed by atoms with van der Waals surface area (Å²) < 4.78 is 12.8. The van der Waals surface area contributed by atoms with Gasteiger partial charge in [-0.2, -0.15) is 5.10 Å². The van der Waals surface area contributed by atoms with E-state index in [2.05, 4.69) is 15.4 Å². The van der Waals surface area contributed by atoms with Gasteiger partial charge in [0.15, 0.2) is 11.5 Å². The van der Waals surface area contributed by atoms with E-state index in [1.807, 2.05) is 25.1 Å². The highest BCUT2D eigenvalue weighted by molar-refractivity contribution is 5.80. The van der Waals surface area contributed by atoms with Gasteiger partial charge in [0.25, 0.3) is 0 Å². The summed E-state index contributed by atoms with van der Waals surface area (Å²) in [6, 6.07) is 5.19. The highest BCUT2D eigenvalue weighted by Gasteiger charge is 2.19. The van der Waals surface area contributed by atoms with E-state index in [0.717, 1.165) is 23.5 Å². The van der Waals surface area contributed by atoms with E-state index in [9.17, 15) is 4.79 Å². The maximum atomic E-state index is 12.3. The predicted octanol–water partition coefficient (Wildman–Crippen LogP) is 1.88. The third kappa shape index (κ3) is 3.44. The van der Waals surface area contributed by atoms with Crippen molar-refractivity contribution < 1.29 is 14.3 Å². The highest BCUT2D eigenvalue weighted by atomic mass is 16.5. The number of ether oxygens (including phenoxy) is 2. The van der Waals surface area contributed by atoms with Crippen molar-refractivity contribution in [1.82, 2.24) is 20.1 Å². The fourth-order valence-corrected chi connectivity index (χ4v) is 2.40. The van der Waals surface area contributed by atoms with E-state index < -0.39 is 6.04 Å². The maximum Gasteiger partial charge on any atom is 0.245 e. The van der Waals surface area contributed by atoms with Gasteiger partial charge in [0, 0.05) is 6.42 Å². The Bertz CT molecular complexity index is 672. The zero-order valence-corrected chi connectivity index (χ0v) is 13.2. The molecule has 0 saturated carbocycles. The summed E-state index contributed by atoms with van der Waals surface area (Å²) in [6.07, 6.45) is 3.81. The molecule has 2 unspecified atom stereocenters. The van der Waals surface area contributed by atoms with Crippen LogP contribution in [0.15, 0.2) is 30.9 Å². The normalized spacial score (nSPS) is 16.3. The van der Waals surface area contributed by atoms with Crippen LogP contribution < -0.4 is 14.8 Å². The number of rotatable bonds is 4. The summed E-state index contributed by atoms with van der Waals surface area (Å²) in [7, 11) is 0. The van der Waals surface area contributed by atoms with Gasteiger partial charge >= 0.3 is 0 Å². The molecule has 7 nitrogen and oxygen atoms in total. The first kappa shape index (κ1) is 15.3. The number of benzene rings is 1. The summed E-state index contributed by atoms with van der Waals surface area (Å²) in [4.78, 5) is 16.2. The minimum absolute atomic E-state index is 0.116. The number of nitrogens with zero attached hydrogens (tertiary/aromatic N) is 3. The topological polar surface area (TPSA) is 78.3 Å². The lowest BCUT2D eigenvalue weighted by Crippen LogP contribution is -2.33. The van der Waals surface area contributed by atoms with Crippen LogP contribution in [0.4, 0.5) is 0 Å². The lowest BCUT2D eigenvalue weighted by Gasteiger charge is -2.19. The predicted molar refractivity (Wildman–Crippen MR) is 83.3 cm³/mol. The fraction of sp³-hybridized carbons (Fsp3) is 0.438. The summed E-state index contributed by atoms with van der Waals surface area (Å²) in [6.45, 7) is 5.02. The summed E-state index contributed by atoms with van der Waals surface area (Å²) in [5.41, 5.74) is 0.966. The standard InChI is InChI=1S/C16H20N4O3/c1-11(19-16(21)12(2)20-10-17-9-18-20)13-4-5-14-15(8-13)23-7-3-6-22-14/h4-5,8-12H,3,6-7H2,1-2H3,(H,19,21). The largest absolute Gasteiger partial charge is 0.490 e. The van der Waals surface area contributed by atoms with Crippen LogP contribution in [0.3, 0.4) is 0 Å². The van der Waals surface area contributed by atoms with Gasteiger partial charge in [0.05, 0.1) is 19.3 Å². The summed E-state index contributed by atoms with van der Waals surface area (Å²) >= 11 is 0. The smallest absolute Gasteiger partial charge is 0.245 e. The first-order valence-corrected chi connectivity index (χ1v) is 7.69. The molecule has 0 spiro atoms. The average molecular weight is 316 g/mol. The number of aromatic nitrogens is 3. The third-order valence-electron chi connectivity index (χ3n) is 3.84. The second-order valence-corrected chi connectivity index (χ2v) is 5.54. The van der Waals surface area contributed by atoms with Crippen LogP contribution in [0.25, 0.3) is 0 Å². The monoisotopic (exact) mass is 316 g/mol. The van der Waals surface area contributed by atoms with Crippen molar-refractivity contribution in [2.24, 2.45) is 0 Å². The molecule has 7 heteroatoms. The molecule has 0 radical (unpaired) electrons.